The molecule has 0 aliphatic rings. The lowest BCUT2D eigenvalue weighted by molar-refractivity contribution is 0.0963. The van der Waals surface area contributed by atoms with E-state index in [0.717, 1.165) is 17.8 Å². The first-order valence-corrected chi connectivity index (χ1v) is 6.71. The lowest BCUT2D eigenvalue weighted by Gasteiger charge is -2.09. The van der Waals surface area contributed by atoms with Crippen LogP contribution in [0.15, 0.2) is 42.5 Å². The minimum Gasteiger partial charge on any atom is -0.381 e. The van der Waals surface area contributed by atoms with Gasteiger partial charge in [-0.3, -0.25) is 4.79 Å². The van der Waals surface area contributed by atoms with Crippen molar-refractivity contribution < 1.29 is 4.79 Å². The van der Waals surface area contributed by atoms with Crippen LogP contribution in [0.1, 0.15) is 27.0 Å². The van der Waals surface area contributed by atoms with Gasteiger partial charge in [0.1, 0.15) is 0 Å². The van der Waals surface area contributed by atoms with E-state index in [0.29, 0.717) is 5.56 Å². The third-order valence-electron chi connectivity index (χ3n) is 3.16. The van der Waals surface area contributed by atoms with E-state index in [4.69, 9.17) is 0 Å². The van der Waals surface area contributed by atoms with Gasteiger partial charge in [0.2, 0.25) is 0 Å². The lowest BCUT2D eigenvalue weighted by atomic mass is 10.1. The molecule has 0 aliphatic carbocycles. The monoisotopic (exact) mass is 268 g/mol. The Labute approximate surface area is 120 Å². The summed E-state index contributed by atoms with van der Waals surface area (Å²) >= 11 is 0. The molecule has 0 saturated heterocycles. The van der Waals surface area contributed by atoms with Crippen molar-refractivity contribution >= 4 is 11.6 Å². The summed E-state index contributed by atoms with van der Waals surface area (Å²) in [6, 6.07) is 14.1. The van der Waals surface area contributed by atoms with Crippen molar-refractivity contribution in [2.75, 3.05) is 12.4 Å². The Balaban J connectivity index is 2.02. The zero-order chi connectivity index (χ0) is 14.5. The molecule has 0 atom stereocenters. The fourth-order valence-corrected chi connectivity index (χ4v) is 2.20. The molecule has 3 heteroatoms. The summed E-state index contributed by atoms with van der Waals surface area (Å²) in [5.74, 6) is -0.0566. The van der Waals surface area contributed by atoms with Crippen molar-refractivity contribution in [3.8, 4) is 0 Å². The average molecular weight is 268 g/mol. The van der Waals surface area contributed by atoms with Gasteiger partial charge >= 0.3 is 0 Å². The van der Waals surface area contributed by atoms with Crippen LogP contribution in [0.3, 0.4) is 0 Å². The van der Waals surface area contributed by atoms with Crippen LogP contribution in [0.25, 0.3) is 0 Å². The lowest BCUT2D eigenvalue weighted by Crippen LogP contribution is -2.17. The van der Waals surface area contributed by atoms with Crippen LogP contribution in [-0.2, 0) is 6.54 Å². The number of hydrogen-bond acceptors (Lipinski definition) is 2. The number of anilines is 1. The van der Waals surface area contributed by atoms with Crippen LogP contribution in [0.5, 0.6) is 0 Å². The van der Waals surface area contributed by atoms with E-state index in [2.05, 4.69) is 42.7 Å². The van der Waals surface area contributed by atoms with Crippen LogP contribution in [0.2, 0.25) is 0 Å². The second kappa shape index (κ2) is 6.24. The molecule has 0 aliphatic heterocycles. The van der Waals surface area contributed by atoms with Crippen molar-refractivity contribution in [1.82, 2.24) is 5.32 Å². The SMILES string of the molecule is CNC(=O)c1ccc(CNc2cc(C)cc(C)c2)cc1. The van der Waals surface area contributed by atoms with Gasteiger partial charge in [0, 0.05) is 24.8 Å². The summed E-state index contributed by atoms with van der Waals surface area (Å²) in [6.07, 6.45) is 0. The Morgan fingerprint density at radius 3 is 2.15 bits per heavy atom. The first kappa shape index (κ1) is 14.1. The minimum atomic E-state index is -0.0566. The normalized spacial score (nSPS) is 10.2. The fourth-order valence-electron chi connectivity index (χ4n) is 2.20. The largest absolute Gasteiger partial charge is 0.381 e. The number of rotatable bonds is 4. The summed E-state index contributed by atoms with van der Waals surface area (Å²) < 4.78 is 0. The molecule has 0 bridgehead atoms. The van der Waals surface area contributed by atoms with Gasteiger partial charge in [-0.2, -0.15) is 0 Å². The predicted octanol–water partition coefficient (Wildman–Crippen LogP) is 3.28. The van der Waals surface area contributed by atoms with Crippen molar-refractivity contribution in [2.24, 2.45) is 0 Å². The molecule has 0 spiro atoms. The third-order valence-corrected chi connectivity index (χ3v) is 3.16. The highest BCUT2D eigenvalue weighted by Gasteiger charge is 2.02. The quantitative estimate of drug-likeness (QED) is 0.893. The van der Waals surface area contributed by atoms with Gasteiger partial charge in [0.05, 0.1) is 0 Å². The topological polar surface area (TPSA) is 41.1 Å². The number of nitrogens with one attached hydrogen (secondary N) is 2. The molecule has 0 radical (unpaired) electrons. The number of benzene rings is 2. The Kier molecular flexibility index (Phi) is 4.41. The van der Waals surface area contributed by atoms with E-state index in [9.17, 15) is 4.79 Å². The van der Waals surface area contributed by atoms with Gasteiger partial charge in [-0.25, -0.2) is 0 Å². The molecule has 1 amide bonds. The van der Waals surface area contributed by atoms with Gasteiger partial charge in [0.25, 0.3) is 5.91 Å². The fraction of sp³-hybridized carbons (Fsp3) is 0.235. The van der Waals surface area contributed by atoms with E-state index in [1.54, 1.807) is 7.05 Å². The zero-order valence-corrected chi connectivity index (χ0v) is 12.2. The molecule has 20 heavy (non-hydrogen) atoms. The summed E-state index contributed by atoms with van der Waals surface area (Å²) in [4.78, 5) is 11.5. The molecule has 0 aromatic heterocycles. The van der Waals surface area contributed by atoms with E-state index >= 15 is 0 Å². The molecule has 2 rings (SSSR count). The maximum atomic E-state index is 11.5. The number of carbonyl (C=O) groups is 1. The molecular formula is C17H20N2O. The minimum absolute atomic E-state index is 0.0566. The number of carbonyl (C=O) groups excluding carboxylic acids is 1. The van der Waals surface area contributed by atoms with Gasteiger partial charge in [0.15, 0.2) is 0 Å². The molecule has 0 unspecified atom stereocenters. The number of aryl methyl sites for hydroxylation is 2. The molecule has 104 valence electrons. The number of hydrogen-bond donors (Lipinski definition) is 2. The average Bonchev–Trinajstić information content (AvgIpc) is 2.44. The highest BCUT2D eigenvalue weighted by Crippen LogP contribution is 2.15. The maximum Gasteiger partial charge on any atom is 0.251 e. The summed E-state index contributed by atoms with van der Waals surface area (Å²) in [5.41, 5.74) is 5.46. The van der Waals surface area contributed by atoms with Gasteiger partial charge in [-0.15, -0.1) is 0 Å². The van der Waals surface area contributed by atoms with Crippen molar-refractivity contribution in [3.05, 3.63) is 64.7 Å². The Hall–Kier alpha value is -2.29. The molecular weight excluding hydrogens is 248 g/mol. The van der Waals surface area contributed by atoms with E-state index in [1.165, 1.54) is 11.1 Å². The summed E-state index contributed by atoms with van der Waals surface area (Å²) in [7, 11) is 1.64. The Bertz CT molecular complexity index is 583. The highest BCUT2D eigenvalue weighted by atomic mass is 16.1. The number of amides is 1. The summed E-state index contributed by atoms with van der Waals surface area (Å²) in [6.45, 7) is 4.93. The molecule has 0 fully saturated rings. The summed E-state index contributed by atoms with van der Waals surface area (Å²) in [5, 5.41) is 6.02. The van der Waals surface area contributed by atoms with Crippen LogP contribution in [0.4, 0.5) is 5.69 Å². The van der Waals surface area contributed by atoms with E-state index in [1.807, 2.05) is 24.3 Å². The van der Waals surface area contributed by atoms with Crippen LogP contribution in [0, 0.1) is 13.8 Å². The highest BCUT2D eigenvalue weighted by molar-refractivity contribution is 5.93. The second-order valence-corrected chi connectivity index (χ2v) is 5.01. The maximum absolute atomic E-state index is 11.5. The van der Waals surface area contributed by atoms with Crippen LogP contribution < -0.4 is 10.6 Å². The zero-order valence-electron chi connectivity index (χ0n) is 12.2. The van der Waals surface area contributed by atoms with Crippen molar-refractivity contribution in [3.63, 3.8) is 0 Å². The Morgan fingerprint density at radius 2 is 1.60 bits per heavy atom. The molecule has 0 saturated carbocycles. The van der Waals surface area contributed by atoms with Gasteiger partial charge < -0.3 is 10.6 Å². The van der Waals surface area contributed by atoms with Crippen LogP contribution >= 0.6 is 0 Å². The standard InChI is InChI=1S/C17H20N2O/c1-12-8-13(2)10-16(9-12)19-11-14-4-6-15(7-5-14)17(20)18-3/h4-10,19H,11H2,1-3H3,(H,18,20). The predicted molar refractivity (Wildman–Crippen MR) is 83.1 cm³/mol. The molecule has 3 nitrogen and oxygen atoms in total. The molecule has 2 aromatic rings. The second-order valence-electron chi connectivity index (χ2n) is 5.01. The Morgan fingerprint density at radius 1 is 1.00 bits per heavy atom. The van der Waals surface area contributed by atoms with Crippen molar-refractivity contribution in [1.29, 1.82) is 0 Å². The van der Waals surface area contributed by atoms with E-state index < -0.39 is 0 Å². The van der Waals surface area contributed by atoms with E-state index in [-0.39, 0.29) is 5.91 Å². The van der Waals surface area contributed by atoms with Gasteiger partial charge in [-0.1, -0.05) is 18.2 Å². The molecule has 0 heterocycles. The first-order valence-electron chi connectivity index (χ1n) is 6.71. The third kappa shape index (κ3) is 3.60. The first-order chi connectivity index (χ1) is 9.58. The van der Waals surface area contributed by atoms with Crippen LogP contribution in [-0.4, -0.2) is 13.0 Å². The molecule has 2 N–H and O–H groups in total. The van der Waals surface area contributed by atoms with Crippen molar-refractivity contribution in [2.45, 2.75) is 20.4 Å². The smallest absolute Gasteiger partial charge is 0.251 e. The molecule has 2 aromatic carbocycles. The van der Waals surface area contributed by atoms with Gasteiger partial charge in [-0.05, 0) is 54.8 Å².